The molecule has 21 heavy (non-hydrogen) atoms. The zero-order chi connectivity index (χ0) is 14.7. The molecule has 4 heteroatoms. The smallest absolute Gasteiger partial charge is 0.247 e. The van der Waals surface area contributed by atoms with E-state index in [2.05, 4.69) is 17.5 Å². The molecular formula is C17H26N2O2. The van der Waals surface area contributed by atoms with E-state index in [1.54, 1.807) is 4.90 Å². The summed E-state index contributed by atoms with van der Waals surface area (Å²) < 4.78 is 0. The molecule has 116 valence electrons. The van der Waals surface area contributed by atoms with E-state index in [-0.39, 0.29) is 23.9 Å². The largest absolute Gasteiger partial charge is 0.302 e. The molecule has 4 nitrogen and oxygen atoms in total. The number of allylic oxidation sites excluding steroid dienone is 1. The van der Waals surface area contributed by atoms with Crippen LogP contribution in [0, 0.1) is 0 Å². The Morgan fingerprint density at radius 1 is 1.00 bits per heavy atom. The lowest BCUT2D eigenvalue weighted by Gasteiger charge is -2.26. The highest BCUT2D eigenvalue weighted by atomic mass is 16.2. The fraction of sp³-hybridized carbons (Fsp3) is 0.765. The molecule has 2 fully saturated rings. The van der Waals surface area contributed by atoms with Crippen LogP contribution < -0.4 is 5.32 Å². The minimum Gasteiger partial charge on any atom is -0.302 e. The van der Waals surface area contributed by atoms with Gasteiger partial charge in [-0.15, -0.1) is 0 Å². The number of carbonyl (C=O) groups excluding carboxylic acids is 2. The van der Waals surface area contributed by atoms with Crippen LogP contribution in [0.2, 0.25) is 0 Å². The average molecular weight is 290 g/mol. The summed E-state index contributed by atoms with van der Waals surface area (Å²) in [6.45, 7) is 0. The topological polar surface area (TPSA) is 49.4 Å². The fourth-order valence-corrected chi connectivity index (χ4v) is 3.91. The van der Waals surface area contributed by atoms with Gasteiger partial charge in [-0.1, -0.05) is 37.8 Å². The number of rotatable bonds is 3. The van der Waals surface area contributed by atoms with Crippen molar-refractivity contribution < 1.29 is 9.59 Å². The van der Waals surface area contributed by atoms with Crippen molar-refractivity contribution in [1.82, 2.24) is 10.2 Å². The lowest BCUT2D eigenvalue weighted by Crippen LogP contribution is -2.46. The number of imide groups is 1. The van der Waals surface area contributed by atoms with Crippen LogP contribution in [0.15, 0.2) is 12.2 Å². The lowest BCUT2D eigenvalue weighted by molar-refractivity contribution is -0.141. The molecular weight excluding hydrogens is 264 g/mol. The number of nitrogens with zero attached hydrogens (tertiary/aromatic N) is 1. The van der Waals surface area contributed by atoms with Gasteiger partial charge >= 0.3 is 0 Å². The number of likely N-dealkylation sites (tertiary alicyclic amines) is 1. The molecule has 0 bridgehead atoms. The van der Waals surface area contributed by atoms with Crippen LogP contribution in [-0.4, -0.2) is 34.8 Å². The van der Waals surface area contributed by atoms with Gasteiger partial charge in [0, 0.05) is 12.1 Å². The first-order valence-electron chi connectivity index (χ1n) is 8.52. The van der Waals surface area contributed by atoms with Gasteiger partial charge in [-0.2, -0.15) is 0 Å². The summed E-state index contributed by atoms with van der Waals surface area (Å²) in [5, 5.41) is 3.42. The summed E-state index contributed by atoms with van der Waals surface area (Å²) in [6, 6.07) is 0.230. The number of amides is 2. The molecule has 1 heterocycles. The van der Waals surface area contributed by atoms with Crippen molar-refractivity contribution in [1.29, 1.82) is 0 Å². The van der Waals surface area contributed by atoms with Crippen molar-refractivity contribution in [2.75, 3.05) is 0 Å². The maximum Gasteiger partial charge on any atom is 0.247 e. The Bertz CT molecular complexity index is 425. The first-order valence-corrected chi connectivity index (χ1v) is 8.52. The van der Waals surface area contributed by atoms with E-state index in [4.69, 9.17) is 0 Å². The Morgan fingerprint density at radius 2 is 1.76 bits per heavy atom. The zero-order valence-electron chi connectivity index (χ0n) is 12.7. The second kappa shape index (κ2) is 6.73. The fourth-order valence-electron chi connectivity index (χ4n) is 3.91. The van der Waals surface area contributed by atoms with Crippen molar-refractivity contribution in [3.63, 3.8) is 0 Å². The third-order valence-corrected chi connectivity index (χ3v) is 5.08. The van der Waals surface area contributed by atoms with Crippen LogP contribution in [-0.2, 0) is 9.59 Å². The van der Waals surface area contributed by atoms with E-state index < -0.39 is 0 Å². The van der Waals surface area contributed by atoms with Crippen molar-refractivity contribution >= 4 is 11.8 Å². The normalized spacial score (nSPS) is 31.7. The summed E-state index contributed by atoms with van der Waals surface area (Å²) in [7, 11) is 0. The molecule has 2 aliphatic carbocycles. The monoisotopic (exact) mass is 290 g/mol. The van der Waals surface area contributed by atoms with E-state index in [1.807, 2.05) is 0 Å². The second-order valence-corrected chi connectivity index (χ2v) is 6.65. The number of hydrogen-bond acceptors (Lipinski definition) is 3. The highest BCUT2D eigenvalue weighted by Crippen LogP contribution is 2.27. The molecule has 1 aliphatic heterocycles. The van der Waals surface area contributed by atoms with E-state index >= 15 is 0 Å². The Hall–Kier alpha value is -1.16. The van der Waals surface area contributed by atoms with Gasteiger partial charge in [0.15, 0.2) is 0 Å². The Kier molecular flexibility index (Phi) is 4.73. The summed E-state index contributed by atoms with van der Waals surface area (Å²) in [5.74, 6) is 0.0669. The molecule has 0 aromatic rings. The molecule has 2 unspecified atom stereocenters. The van der Waals surface area contributed by atoms with Gasteiger partial charge < -0.3 is 5.32 Å². The van der Waals surface area contributed by atoms with Gasteiger partial charge in [0.2, 0.25) is 11.8 Å². The van der Waals surface area contributed by atoms with Crippen LogP contribution in [0.4, 0.5) is 0 Å². The minimum atomic E-state index is -0.280. The predicted octanol–water partition coefficient (Wildman–Crippen LogP) is 2.54. The molecule has 2 amide bonds. The number of nitrogens with one attached hydrogen (secondary N) is 1. The van der Waals surface area contributed by atoms with Crippen molar-refractivity contribution in [3.8, 4) is 0 Å². The van der Waals surface area contributed by atoms with Gasteiger partial charge in [0.05, 0.1) is 12.5 Å². The zero-order valence-corrected chi connectivity index (χ0v) is 12.7. The maximum atomic E-state index is 12.6. The van der Waals surface area contributed by atoms with E-state index in [0.717, 1.165) is 44.9 Å². The van der Waals surface area contributed by atoms with Crippen LogP contribution >= 0.6 is 0 Å². The van der Waals surface area contributed by atoms with Crippen LogP contribution in [0.25, 0.3) is 0 Å². The molecule has 3 rings (SSSR count). The van der Waals surface area contributed by atoms with Crippen molar-refractivity contribution in [2.24, 2.45) is 0 Å². The maximum absolute atomic E-state index is 12.6. The highest BCUT2D eigenvalue weighted by molar-refractivity contribution is 6.05. The van der Waals surface area contributed by atoms with Crippen LogP contribution in [0.1, 0.15) is 64.2 Å². The van der Waals surface area contributed by atoms with Crippen molar-refractivity contribution in [2.45, 2.75) is 82.3 Å². The molecule has 1 N–H and O–H groups in total. The first kappa shape index (κ1) is 14.8. The summed E-state index contributed by atoms with van der Waals surface area (Å²) in [6.07, 6.45) is 14.6. The number of hydrogen-bond donors (Lipinski definition) is 1. The molecule has 3 aliphatic rings. The molecule has 0 aromatic carbocycles. The molecule has 1 saturated heterocycles. The Labute approximate surface area is 127 Å². The standard InChI is InChI=1S/C17H26N2O2/c20-16-12-15(18-13-8-4-3-5-9-13)17(21)19(16)14-10-6-1-2-7-11-14/h3-4,13-15,18H,1-2,5-12H2. The van der Waals surface area contributed by atoms with Crippen molar-refractivity contribution in [3.05, 3.63) is 12.2 Å². The van der Waals surface area contributed by atoms with Gasteiger partial charge in [-0.25, -0.2) is 0 Å². The van der Waals surface area contributed by atoms with E-state index in [9.17, 15) is 9.59 Å². The average Bonchev–Trinajstić information content (AvgIpc) is 2.70. The molecule has 0 aromatic heterocycles. The SMILES string of the molecule is O=C1CC(NC2CC=CCC2)C(=O)N1C1CCCCCC1. The lowest BCUT2D eigenvalue weighted by atomic mass is 10.0. The van der Waals surface area contributed by atoms with Gasteiger partial charge in [0.25, 0.3) is 0 Å². The predicted molar refractivity (Wildman–Crippen MR) is 81.7 cm³/mol. The van der Waals surface area contributed by atoms with Gasteiger partial charge in [0.1, 0.15) is 0 Å². The Morgan fingerprint density at radius 3 is 2.43 bits per heavy atom. The van der Waals surface area contributed by atoms with E-state index in [1.165, 1.54) is 12.8 Å². The Balaban J connectivity index is 1.62. The van der Waals surface area contributed by atoms with Crippen LogP contribution in [0.3, 0.4) is 0 Å². The summed E-state index contributed by atoms with van der Waals surface area (Å²) in [5.41, 5.74) is 0. The third-order valence-electron chi connectivity index (χ3n) is 5.08. The van der Waals surface area contributed by atoms with Gasteiger partial charge in [-0.05, 0) is 32.1 Å². The summed E-state index contributed by atoms with van der Waals surface area (Å²) >= 11 is 0. The summed E-state index contributed by atoms with van der Waals surface area (Å²) in [4.78, 5) is 26.5. The molecule has 1 saturated carbocycles. The highest BCUT2D eigenvalue weighted by Gasteiger charge is 2.42. The van der Waals surface area contributed by atoms with Gasteiger partial charge in [-0.3, -0.25) is 14.5 Å². The first-order chi connectivity index (χ1) is 10.3. The van der Waals surface area contributed by atoms with Crippen LogP contribution in [0.5, 0.6) is 0 Å². The minimum absolute atomic E-state index is 0.0291. The second-order valence-electron chi connectivity index (χ2n) is 6.65. The number of carbonyl (C=O) groups is 2. The molecule has 0 spiro atoms. The quantitative estimate of drug-likeness (QED) is 0.494. The molecule has 0 radical (unpaired) electrons. The van der Waals surface area contributed by atoms with E-state index in [0.29, 0.717) is 12.5 Å². The molecule has 2 atom stereocenters. The third kappa shape index (κ3) is 3.37.